The topological polar surface area (TPSA) is 17.1 Å². The van der Waals surface area contributed by atoms with Crippen LogP contribution in [0.5, 0.6) is 0 Å². The molecule has 0 aliphatic rings. The zero-order chi connectivity index (χ0) is 8.27. The zero-order valence-electron chi connectivity index (χ0n) is 6.21. The van der Waals surface area contributed by atoms with E-state index in [0.29, 0.717) is 5.75 Å². The molecule has 1 atom stereocenters. The molecule has 0 saturated heterocycles. The second-order valence-corrected chi connectivity index (χ2v) is 5.02. The molecule has 1 aromatic carbocycles. The molecule has 0 saturated carbocycles. The summed E-state index contributed by atoms with van der Waals surface area (Å²) in [6.07, 6.45) is 1.72. The van der Waals surface area contributed by atoms with Gasteiger partial charge in [-0.1, -0.05) is 12.1 Å². The number of halogens is 1. The van der Waals surface area contributed by atoms with Crippen molar-refractivity contribution in [2.45, 2.75) is 5.75 Å². The van der Waals surface area contributed by atoms with E-state index in [1.54, 1.807) is 6.26 Å². The summed E-state index contributed by atoms with van der Waals surface area (Å²) >= 11 is 2.25. The van der Waals surface area contributed by atoms with Gasteiger partial charge in [-0.25, -0.2) is 0 Å². The van der Waals surface area contributed by atoms with Gasteiger partial charge in [0.05, 0.1) is 0 Å². The van der Waals surface area contributed by atoms with Crippen LogP contribution in [-0.4, -0.2) is 10.5 Å². The maximum absolute atomic E-state index is 10.8. The Morgan fingerprint density at radius 2 is 1.91 bits per heavy atom. The Morgan fingerprint density at radius 1 is 1.36 bits per heavy atom. The minimum atomic E-state index is -0.726. The fourth-order valence-corrected chi connectivity index (χ4v) is 1.84. The first kappa shape index (κ1) is 9.19. The van der Waals surface area contributed by atoms with Gasteiger partial charge in [0, 0.05) is 26.4 Å². The van der Waals surface area contributed by atoms with Gasteiger partial charge in [-0.3, -0.25) is 4.21 Å². The molecule has 0 bridgehead atoms. The molecule has 0 N–H and O–H groups in total. The van der Waals surface area contributed by atoms with Crippen molar-refractivity contribution in [2.75, 3.05) is 6.26 Å². The summed E-state index contributed by atoms with van der Waals surface area (Å²) < 4.78 is 12.0. The maximum atomic E-state index is 10.8. The average molecular weight is 280 g/mol. The summed E-state index contributed by atoms with van der Waals surface area (Å²) in [5, 5.41) is 0. The molecular formula is C8H9IOS. The van der Waals surface area contributed by atoms with E-state index in [0.717, 1.165) is 5.56 Å². The van der Waals surface area contributed by atoms with E-state index in [9.17, 15) is 4.21 Å². The minimum Gasteiger partial charge on any atom is -0.260 e. The third-order valence-corrected chi connectivity index (χ3v) is 2.74. The fraction of sp³-hybridized carbons (Fsp3) is 0.250. The monoisotopic (exact) mass is 280 g/mol. The highest BCUT2D eigenvalue weighted by Crippen LogP contribution is 2.07. The largest absolute Gasteiger partial charge is 0.260 e. The van der Waals surface area contributed by atoms with Gasteiger partial charge in [0.15, 0.2) is 0 Å². The van der Waals surface area contributed by atoms with Crippen LogP contribution in [0.1, 0.15) is 5.56 Å². The van der Waals surface area contributed by atoms with Gasteiger partial charge < -0.3 is 0 Å². The van der Waals surface area contributed by atoms with Gasteiger partial charge in [-0.2, -0.15) is 0 Å². The van der Waals surface area contributed by atoms with E-state index in [2.05, 4.69) is 22.6 Å². The normalized spacial score (nSPS) is 12.9. The second kappa shape index (κ2) is 4.21. The SMILES string of the molecule is CS(=O)Cc1ccc(I)cc1. The molecule has 60 valence electrons. The number of hydrogen-bond donors (Lipinski definition) is 0. The Labute approximate surface area is 82.8 Å². The van der Waals surface area contributed by atoms with Crippen LogP contribution in [0.2, 0.25) is 0 Å². The van der Waals surface area contributed by atoms with E-state index < -0.39 is 10.8 Å². The molecular weight excluding hydrogens is 271 g/mol. The van der Waals surface area contributed by atoms with Gasteiger partial charge in [-0.05, 0) is 40.3 Å². The lowest BCUT2D eigenvalue weighted by Crippen LogP contribution is -1.91. The van der Waals surface area contributed by atoms with Crippen molar-refractivity contribution in [3.63, 3.8) is 0 Å². The molecule has 1 rings (SSSR count). The average Bonchev–Trinajstić information content (AvgIpc) is 1.93. The standard InChI is InChI=1S/C8H9IOS/c1-11(10)6-7-2-4-8(9)5-3-7/h2-5H,6H2,1H3. The van der Waals surface area contributed by atoms with E-state index in [1.807, 2.05) is 24.3 Å². The molecule has 0 heterocycles. The van der Waals surface area contributed by atoms with Crippen LogP contribution in [0.15, 0.2) is 24.3 Å². The molecule has 0 aliphatic heterocycles. The Hall–Kier alpha value is 0.1000. The quantitative estimate of drug-likeness (QED) is 0.759. The molecule has 1 aromatic rings. The first-order valence-corrected chi connectivity index (χ1v) is 6.03. The van der Waals surface area contributed by atoms with Crippen molar-refractivity contribution in [2.24, 2.45) is 0 Å². The van der Waals surface area contributed by atoms with Crippen LogP contribution in [0.3, 0.4) is 0 Å². The highest BCUT2D eigenvalue weighted by atomic mass is 127. The third kappa shape index (κ3) is 3.33. The van der Waals surface area contributed by atoms with Gasteiger partial charge >= 0.3 is 0 Å². The molecule has 0 fully saturated rings. The Morgan fingerprint density at radius 3 is 2.36 bits per heavy atom. The summed E-state index contributed by atoms with van der Waals surface area (Å²) in [6, 6.07) is 8.10. The highest BCUT2D eigenvalue weighted by Gasteiger charge is 1.94. The van der Waals surface area contributed by atoms with E-state index in [4.69, 9.17) is 0 Å². The third-order valence-electron chi connectivity index (χ3n) is 1.28. The van der Waals surface area contributed by atoms with Gasteiger partial charge in [0.2, 0.25) is 0 Å². The molecule has 0 amide bonds. The molecule has 3 heteroatoms. The lowest BCUT2D eigenvalue weighted by molar-refractivity contribution is 0.686. The van der Waals surface area contributed by atoms with Crippen molar-refractivity contribution >= 4 is 33.4 Å². The Kier molecular flexibility index (Phi) is 3.51. The zero-order valence-corrected chi connectivity index (χ0v) is 9.18. The molecule has 1 unspecified atom stereocenters. The molecule has 0 aromatic heterocycles. The second-order valence-electron chi connectivity index (χ2n) is 2.34. The van der Waals surface area contributed by atoms with Gasteiger partial charge in [0.1, 0.15) is 0 Å². The van der Waals surface area contributed by atoms with Crippen molar-refractivity contribution in [1.29, 1.82) is 0 Å². The first-order chi connectivity index (χ1) is 5.18. The van der Waals surface area contributed by atoms with Gasteiger partial charge in [0.25, 0.3) is 0 Å². The lowest BCUT2D eigenvalue weighted by Gasteiger charge is -1.96. The summed E-state index contributed by atoms with van der Waals surface area (Å²) in [5.41, 5.74) is 1.14. The molecule has 0 spiro atoms. The summed E-state index contributed by atoms with van der Waals surface area (Å²) in [7, 11) is -0.726. The van der Waals surface area contributed by atoms with Crippen LogP contribution in [0.25, 0.3) is 0 Å². The summed E-state index contributed by atoms with van der Waals surface area (Å²) in [6.45, 7) is 0. The van der Waals surface area contributed by atoms with Crippen LogP contribution >= 0.6 is 22.6 Å². The number of benzene rings is 1. The lowest BCUT2D eigenvalue weighted by atomic mass is 10.2. The predicted molar refractivity (Wildman–Crippen MR) is 56.9 cm³/mol. The van der Waals surface area contributed by atoms with Crippen LogP contribution in [0, 0.1) is 3.57 Å². The molecule has 11 heavy (non-hydrogen) atoms. The first-order valence-electron chi connectivity index (χ1n) is 3.23. The predicted octanol–water partition coefficient (Wildman–Crippen LogP) is 2.17. The van der Waals surface area contributed by atoms with Crippen LogP contribution in [0.4, 0.5) is 0 Å². The highest BCUT2D eigenvalue weighted by molar-refractivity contribution is 14.1. The van der Waals surface area contributed by atoms with E-state index >= 15 is 0 Å². The maximum Gasteiger partial charge on any atom is 0.0482 e. The fourth-order valence-electron chi connectivity index (χ4n) is 0.815. The molecule has 1 nitrogen and oxygen atoms in total. The molecule has 0 aliphatic carbocycles. The molecule has 0 radical (unpaired) electrons. The van der Waals surface area contributed by atoms with Crippen LogP contribution < -0.4 is 0 Å². The Bertz CT molecular complexity index is 255. The summed E-state index contributed by atoms with van der Waals surface area (Å²) in [4.78, 5) is 0. The summed E-state index contributed by atoms with van der Waals surface area (Å²) in [5.74, 6) is 0.664. The van der Waals surface area contributed by atoms with E-state index in [-0.39, 0.29) is 0 Å². The Balaban J connectivity index is 2.74. The van der Waals surface area contributed by atoms with Crippen molar-refractivity contribution in [1.82, 2.24) is 0 Å². The van der Waals surface area contributed by atoms with Crippen molar-refractivity contribution in [3.8, 4) is 0 Å². The number of hydrogen-bond acceptors (Lipinski definition) is 1. The van der Waals surface area contributed by atoms with Crippen molar-refractivity contribution in [3.05, 3.63) is 33.4 Å². The van der Waals surface area contributed by atoms with E-state index in [1.165, 1.54) is 3.57 Å². The van der Waals surface area contributed by atoms with Gasteiger partial charge in [-0.15, -0.1) is 0 Å². The van der Waals surface area contributed by atoms with Crippen molar-refractivity contribution < 1.29 is 4.21 Å². The number of rotatable bonds is 2. The minimum absolute atomic E-state index is 0.664. The van der Waals surface area contributed by atoms with Crippen LogP contribution in [-0.2, 0) is 16.6 Å². The smallest absolute Gasteiger partial charge is 0.0482 e.